The molecule has 0 aromatic rings. The third kappa shape index (κ3) is 55.1. The molecule has 0 aromatic carbocycles. The maximum Gasteiger partial charge on any atom is 0.315 e. The van der Waals surface area contributed by atoms with Gasteiger partial charge in [0.05, 0.1) is 181 Å². The molecule has 0 aromatic heterocycles. The Morgan fingerprint density at radius 1 is 0.452 bits per heavy atom. The first kappa shape index (κ1) is 105. The number of azide groups is 2. The first-order chi connectivity index (χ1) is 55.7. The van der Waals surface area contributed by atoms with Crippen LogP contribution in [0.25, 0.3) is 20.9 Å². The number of ketones is 3. The molecule has 39 nitrogen and oxygen atoms in total. The van der Waals surface area contributed by atoms with Crippen molar-refractivity contribution in [3.8, 4) is 0 Å². The van der Waals surface area contributed by atoms with E-state index in [9.17, 15) is 63.3 Å². The van der Waals surface area contributed by atoms with Gasteiger partial charge in [-0.15, -0.1) is 0 Å². The summed E-state index contributed by atoms with van der Waals surface area (Å²) in [4.78, 5) is 127. The van der Waals surface area contributed by atoms with Crippen LogP contribution in [0.2, 0.25) is 0 Å². The molecule has 4 fully saturated rings. The molecular formula is C74H132N14O25S2. The zero-order valence-corrected chi connectivity index (χ0v) is 69.4. The molecule has 9 atom stereocenters. The summed E-state index contributed by atoms with van der Waals surface area (Å²) in [7, 11) is 5.38. The molecule has 4 saturated heterocycles. The zero-order chi connectivity index (χ0) is 84.2. The standard InChI is InChI=1S/C28H48N6O9S.C28H50N4O9S.C18H34N4O7/c1-34(25(36)8-3-2-7-24-26-23(20-44-24)31-28(39)32-26)10-5-4-6-21(27(37)38)18-22(35)19-43-17-16-42-15-14-41-13-12-40-11-9-30-33-29;1-32(25(34)8-3-2-7-24-26-23(20-42-24)30-28(37)31-26)10-5-4-6-21(27(35)36)18-22(33)19-41-17-16-40-15-14-39-13-12-38-11-9-29;1-20-5-3-2-4-16(18(24)25)14-17(23)15-29-13-12-28-11-10-27-9-8-26-7-6-21-22-19/h21,23-24,26H,2-20H2,1H3,(H,37,38)(H2,31,32,39);21,23-24,26H,2-20,29H2,1H3,(H,35,36)(H2,30,31,37);16,20H,2-15H2,1H3,(H,24,25)/t2*21-,23+,24+,26+;16-/m111/s1. The lowest BCUT2D eigenvalue weighted by Crippen LogP contribution is -2.36. The number of unbranched alkanes of at least 4 members (excludes halogenated alkanes) is 5. The molecule has 4 aliphatic rings. The number of Topliss-reactive ketones (excluding diaryl/α,β-unsaturated/α-hetero) is 3. The number of carbonyl (C=O) groups is 10. The fourth-order valence-corrected chi connectivity index (χ4v) is 15.3. The van der Waals surface area contributed by atoms with Crippen molar-refractivity contribution in [2.75, 3.05) is 230 Å². The normalized spacial score (nSPS) is 17.8. The van der Waals surface area contributed by atoms with Gasteiger partial charge in [0.15, 0.2) is 17.3 Å². The molecule has 115 heavy (non-hydrogen) atoms. The van der Waals surface area contributed by atoms with Gasteiger partial charge in [0, 0.05) is 111 Å². The molecule has 0 spiro atoms. The molecule has 0 saturated carbocycles. The highest BCUT2D eigenvalue weighted by atomic mass is 32.2. The minimum absolute atomic E-state index is 0.00544. The fourth-order valence-electron chi connectivity index (χ4n) is 12.2. The summed E-state index contributed by atoms with van der Waals surface area (Å²) in [5, 5.41) is 50.6. The van der Waals surface area contributed by atoms with Crippen molar-refractivity contribution in [3.05, 3.63) is 20.9 Å². The van der Waals surface area contributed by atoms with Crippen molar-refractivity contribution in [1.29, 1.82) is 0 Å². The minimum atomic E-state index is -1.01. The first-order valence-electron chi connectivity index (χ1n) is 40.1. The molecule has 10 N–H and O–H groups in total. The van der Waals surface area contributed by atoms with E-state index >= 15 is 0 Å². The van der Waals surface area contributed by atoms with Gasteiger partial charge in [0.25, 0.3) is 0 Å². The SMILES string of the molecule is CN(CCCC[C@H](CC(=O)COCCOCCOCCOCCN)C(=O)O)C(=O)CCCC[C@@H]1SC[C@@H]2NC(=O)N[C@@H]21.CN(CCCC[C@H](CC(=O)COCCOCCOCCOCCN=[N+]=[N-])C(=O)O)C(=O)CCCC[C@@H]1SC[C@@H]2NC(=O)N[C@@H]21.CNCCCC[C@H](CC(=O)COCCOCCOCCOCCN=[N+]=[N-])C(=O)O. The Labute approximate surface area is 684 Å². The van der Waals surface area contributed by atoms with E-state index in [-0.39, 0.29) is 137 Å². The summed E-state index contributed by atoms with van der Waals surface area (Å²) in [6, 6.07) is 0.623. The molecule has 660 valence electrons. The predicted molar refractivity (Wildman–Crippen MR) is 428 cm³/mol. The van der Waals surface area contributed by atoms with Crippen molar-refractivity contribution in [2.24, 2.45) is 33.7 Å². The Kier molecular flexibility index (Phi) is 64.3. The third-order valence-corrected chi connectivity index (χ3v) is 21.5. The van der Waals surface area contributed by atoms with Crippen LogP contribution >= 0.6 is 23.5 Å². The maximum atomic E-state index is 12.5. The van der Waals surface area contributed by atoms with Crippen LogP contribution in [0.5, 0.6) is 0 Å². The van der Waals surface area contributed by atoms with Crippen LogP contribution in [0.1, 0.15) is 128 Å². The van der Waals surface area contributed by atoms with Crippen LogP contribution in [0, 0.1) is 17.8 Å². The van der Waals surface area contributed by atoms with Gasteiger partial charge in [-0.05, 0) is 88.9 Å². The van der Waals surface area contributed by atoms with E-state index in [1.54, 1.807) is 23.9 Å². The Hall–Kier alpha value is -6.34. The number of carbonyl (C=O) groups excluding carboxylic acids is 7. The van der Waals surface area contributed by atoms with Gasteiger partial charge in [-0.25, -0.2) is 9.59 Å². The smallest absolute Gasteiger partial charge is 0.315 e. The number of carboxylic acids is 3. The van der Waals surface area contributed by atoms with Crippen LogP contribution in [-0.4, -0.2) is 349 Å². The third-order valence-electron chi connectivity index (χ3n) is 18.5. The van der Waals surface area contributed by atoms with Crippen molar-refractivity contribution in [3.63, 3.8) is 0 Å². The number of ether oxygens (including phenoxy) is 12. The second-order valence-corrected chi connectivity index (χ2v) is 30.2. The molecule has 0 unspecified atom stereocenters. The highest BCUT2D eigenvalue weighted by molar-refractivity contribution is 8.00. The first-order valence-corrected chi connectivity index (χ1v) is 42.2. The molecule has 4 heterocycles. The summed E-state index contributed by atoms with van der Waals surface area (Å²) in [5.74, 6) is -3.88. The van der Waals surface area contributed by atoms with E-state index in [0.29, 0.717) is 207 Å². The maximum absolute atomic E-state index is 12.5. The number of hydrogen-bond acceptors (Lipinski definition) is 28. The van der Waals surface area contributed by atoms with Gasteiger partial charge in [0.1, 0.15) is 19.8 Å². The number of nitrogens with two attached hydrogens (primary N) is 1. The van der Waals surface area contributed by atoms with Crippen molar-refractivity contribution >= 4 is 82.7 Å². The summed E-state index contributed by atoms with van der Waals surface area (Å²) in [6.45, 7) is 10.4. The number of thioether (sulfide) groups is 2. The monoisotopic (exact) mass is 1680 g/mol. The number of nitrogens with one attached hydrogen (secondary N) is 5. The van der Waals surface area contributed by atoms with Crippen LogP contribution in [-0.2, 0) is 95.2 Å². The highest BCUT2D eigenvalue weighted by Gasteiger charge is 2.44. The number of aliphatic carboxylic acids is 3. The highest BCUT2D eigenvalue weighted by Crippen LogP contribution is 2.34. The number of rotatable bonds is 75. The number of urea groups is 2. The van der Waals surface area contributed by atoms with Gasteiger partial charge < -0.3 is 114 Å². The molecule has 41 heteroatoms. The van der Waals surface area contributed by atoms with Crippen LogP contribution in [0.4, 0.5) is 9.59 Å². The molecule has 0 radical (unpaired) electrons. The summed E-state index contributed by atoms with van der Waals surface area (Å²) in [6.07, 6.45) is 11.6. The van der Waals surface area contributed by atoms with Crippen LogP contribution < -0.4 is 32.3 Å². The van der Waals surface area contributed by atoms with Crippen molar-refractivity contribution in [2.45, 2.75) is 163 Å². The van der Waals surface area contributed by atoms with Gasteiger partial charge in [-0.1, -0.05) is 42.3 Å². The van der Waals surface area contributed by atoms with E-state index in [1.165, 1.54) is 0 Å². The minimum Gasteiger partial charge on any atom is -0.481 e. The molecular weight excluding hydrogens is 1550 g/mol. The number of fused-ring (bicyclic) bond motifs is 2. The number of amides is 6. The largest absolute Gasteiger partial charge is 0.481 e. The molecule has 4 rings (SSSR count). The summed E-state index contributed by atoms with van der Waals surface area (Å²) < 4.78 is 63.4. The lowest BCUT2D eigenvalue weighted by atomic mass is 9.96. The lowest BCUT2D eigenvalue weighted by molar-refractivity contribution is -0.145. The Bertz CT molecular complexity index is 2790. The molecule has 0 bridgehead atoms. The van der Waals surface area contributed by atoms with E-state index in [2.05, 4.69) is 46.6 Å². The van der Waals surface area contributed by atoms with E-state index < -0.39 is 35.7 Å². The lowest BCUT2D eigenvalue weighted by Gasteiger charge is -2.19. The quantitative estimate of drug-likeness (QED) is 0.0130. The van der Waals surface area contributed by atoms with E-state index in [0.717, 1.165) is 69.4 Å². The Morgan fingerprint density at radius 2 is 0.757 bits per heavy atom. The van der Waals surface area contributed by atoms with Gasteiger partial charge >= 0.3 is 30.0 Å². The zero-order valence-electron chi connectivity index (χ0n) is 67.8. The predicted octanol–water partition coefficient (Wildman–Crippen LogP) is 4.82. The molecule has 6 amide bonds. The number of nitrogens with zero attached hydrogens (tertiary/aromatic N) is 8. The number of carboxylic acid groups (broad SMARTS) is 3. The average molecular weight is 1680 g/mol. The van der Waals surface area contributed by atoms with E-state index in [1.807, 2.05) is 30.6 Å². The van der Waals surface area contributed by atoms with Crippen molar-refractivity contribution in [1.82, 2.24) is 36.4 Å². The van der Waals surface area contributed by atoms with Crippen molar-refractivity contribution < 1.29 is 120 Å². The second kappa shape index (κ2) is 70.7. The second-order valence-electron chi connectivity index (χ2n) is 27.7. The summed E-state index contributed by atoms with van der Waals surface area (Å²) >= 11 is 3.75. The van der Waals surface area contributed by atoms with Gasteiger partial charge in [0.2, 0.25) is 11.8 Å². The van der Waals surface area contributed by atoms with Gasteiger partial charge in [-0.3, -0.25) is 38.4 Å². The number of hydrogen-bond donors (Lipinski definition) is 9. The molecule has 4 aliphatic heterocycles. The average Bonchev–Trinajstić information content (AvgIpc) is 1.67. The van der Waals surface area contributed by atoms with E-state index in [4.69, 9.17) is 73.6 Å². The Morgan fingerprint density at radius 3 is 1.06 bits per heavy atom. The topological polar surface area (TPSA) is 532 Å². The summed E-state index contributed by atoms with van der Waals surface area (Å²) in [5.41, 5.74) is 21.6. The van der Waals surface area contributed by atoms with Crippen LogP contribution in [0.15, 0.2) is 10.2 Å². The molecule has 0 aliphatic carbocycles. The van der Waals surface area contributed by atoms with Crippen LogP contribution in [0.3, 0.4) is 0 Å². The van der Waals surface area contributed by atoms with Gasteiger partial charge in [-0.2, -0.15) is 23.5 Å². The Balaban J connectivity index is 0.000000599. The fraction of sp³-hybridized carbons (Fsp3) is 0.865.